The summed E-state index contributed by atoms with van der Waals surface area (Å²) in [5.41, 5.74) is 6.55. The number of carbonyl (C=O) groups is 1. The Hall–Kier alpha value is -1.10. The molecule has 0 aromatic carbocycles. The van der Waals surface area contributed by atoms with E-state index in [0.29, 0.717) is 18.2 Å². The maximum atomic E-state index is 11.7. The topological polar surface area (TPSA) is 59.2 Å². The van der Waals surface area contributed by atoms with Gasteiger partial charge in [0.1, 0.15) is 0 Å². The van der Waals surface area contributed by atoms with Crippen molar-refractivity contribution in [1.29, 1.82) is 0 Å². The fourth-order valence-corrected chi connectivity index (χ4v) is 2.44. The molecule has 4 nitrogen and oxygen atoms in total. The van der Waals surface area contributed by atoms with Crippen LogP contribution in [0.3, 0.4) is 0 Å². The van der Waals surface area contributed by atoms with E-state index in [2.05, 4.69) is 4.98 Å². The van der Waals surface area contributed by atoms with Crippen molar-refractivity contribution < 1.29 is 4.79 Å². The van der Waals surface area contributed by atoms with Crippen molar-refractivity contribution in [2.45, 2.75) is 26.9 Å². The van der Waals surface area contributed by atoms with Gasteiger partial charge in [0.05, 0.1) is 23.7 Å². The molecule has 0 bridgehead atoms. The monoisotopic (exact) mass is 211 g/mol. The second-order valence-corrected chi connectivity index (χ2v) is 4.89. The van der Waals surface area contributed by atoms with Gasteiger partial charge in [-0.15, -0.1) is 11.3 Å². The molecule has 0 spiro atoms. The lowest BCUT2D eigenvalue weighted by molar-refractivity contribution is -0.135. The molecule has 2 N–H and O–H groups in total. The molecule has 1 aliphatic heterocycles. The first kappa shape index (κ1) is 9.45. The first-order chi connectivity index (χ1) is 6.58. The van der Waals surface area contributed by atoms with Crippen LogP contribution in [0.5, 0.6) is 0 Å². The van der Waals surface area contributed by atoms with Crippen LogP contribution in [0.2, 0.25) is 0 Å². The molecule has 0 saturated heterocycles. The van der Waals surface area contributed by atoms with Crippen molar-refractivity contribution in [2.75, 3.05) is 5.73 Å². The highest BCUT2D eigenvalue weighted by Gasteiger charge is 2.27. The number of amides is 1. The Kier molecular flexibility index (Phi) is 2.19. The molecule has 0 unspecified atom stereocenters. The average Bonchev–Trinajstić information content (AvgIpc) is 2.59. The number of hydrogen-bond acceptors (Lipinski definition) is 4. The fourth-order valence-electron chi connectivity index (χ4n) is 1.58. The first-order valence-corrected chi connectivity index (χ1v) is 5.42. The van der Waals surface area contributed by atoms with Gasteiger partial charge < -0.3 is 10.6 Å². The SMILES string of the molecule is CC(C)C(=O)N1Cc2nc(N)sc2C1. The van der Waals surface area contributed by atoms with Crippen LogP contribution in [0, 0.1) is 5.92 Å². The maximum absolute atomic E-state index is 11.7. The van der Waals surface area contributed by atoms with Crippen LogP contribution < -0.4 is 5.73 Å². The van der Waals surface area contributed by atoms with E-state index in [4.69, 9.17) is 5.73 Å². The van der Waals surface area contributed by atoms with E-state index >= 15 is 0 Å². The fraction of sp³-hybridized carbons (Fsp3) is 0.556. The highest BCUT2D eigenvalue weighted by Crippen LogP contribution is 2.29. The molecule has 76 valence electrons. The van der Waals surface area contributed by atoms with Gasteiger partial charge in [-0.3, -0.25) is 4.79 Å². The van der Waals surface area contributed by atoms with Gasteiger partial charge in [0.15, 0.2) is 5.13 Å². The van der Waals surface area contributed by atoms with Gasteiger partial charge >= 0.3 is 0 Å². The molecule has 0 radical (unpaired) electrons. The van der Waals surface area contributed by atoms with Crippen molar-refractivity contribution in [3.8, 4) is 0 Å². The number of nitrogens with two attached hydrogens (primary N) is 1. The number of fused-ring (bicyclic) bond motifs is 1. The van der Waals surface area contributed by atoms with Gasteiger partial charge in [0.25, 0.3) is 0 Å². The number of thiazole rings is 1. The standard InChI is InChI=1S/C9H13N3OS/c1-5(2)8(13)12-3-6-7(4-12)14-9(10)11-6/h5H,3-4H2,1-2H3,(H2,10,11). The van der Waals surface area contributed by atoms with Gasteiger partial charge in [-0.25, -0.2) is 4.98 Å². The number of rotatable bonds is 1. The molecule has 2 heterocycles. The van der Waals surface area contributed by atoms with E-state index in [1.165, 1.54) is 11.3 Å². The number of hydrogen-bond donors (Lipinski definition) is 1. The molecule has 0 aliphatic carbocycles. The van der Waals surface area contributed by atoms with Gasteiger partial charge in [0.2, 0.25) is 5.91 Å². The normalized spacial score (nSPS) is 14.9. The summed E-state index contributed by atoms with van der Waals surface area (Å²) in [5, 5.41) is 0.603. The van der Waals surface area contributed by atoms with Crippen LogP contribution in [0.4, 0.5) is 5.13 Å². The van der Waals surface area contributed by atoms with E-state index in [1.54, 1.807) is 0 Å². The molecular formula is C9H13N3OS. The van der Waals surface area contributed by atoms with E-state index in [1.807, 2.05) is 18.7 Å². The van der Waals surface area contributed by atoms with E-state index in [-0.39, 0.29) is 11.8 Å². The van der Waals surface area contributed by atoms with Crippen molar-refractivity contribution in [3.63, 3.8) is 0 Å². The Morgan fingerprint density at radius 1 is 1.57 bits per heavy atom. The van der Waals surface area contributed by atoms with E-state index in [0.717, 1.165) is 10.6 Å². The Balaban J connectivity index is 2.12. The Morgan fingerprint density at radius 2 is 2.29 bits per heavy atom. The molecule has 14 heavy (non-hydrogen) atoms. The average molecular weight is 211 g/mol. The summed E-state index contributed by atoms with van der Waals surface area (Å²) in [6.45, 7) is 5.13. The minimum absolute atomic E-state index is 0.0568. The van der Waals surface area contributed by atoms with Crippen LogP contribution >= 0.6 is 11.3 Å². The van der Waals surface area contributed by atoms with Gasteiger partial charge in [0, 0.05) is 5.92 Å². The van der Waals surface area contributed by atoms with Crippen molar-refractivity contribution in [1.82, 2.24) is 9.88 Å². The lowest BCUT2D eigenvalue weighted by atomic mass is 10.2. The summed E-state index contributed by atoms with van der Waals surface area (Å²) < 4.78 is 0. The van der Waals surface area contributed by atoms with Crippen LogP contribution in [0.1, 0.15) is 24.4 Å². The summed E-state index contributed by atoms with van der Waals surface area (Å²) >= 11 is 1.48. The summed E-state index contributed by atoms with van der Waals surface area (Å²) in [6.07, 6.45) is 0. The van der Waals surface area contributed by atoms with Gasteiger partial charge in [-0.05, 0) is 0 Å². The minimum atomic E-state index is 0.0568. The zero-order chi connectivity index (χ0) is 10.3. The van der Waals surface area contributed by atoms with Crippen LogP contribution in [-0.4, -0.2) is 15.8 Å². The third kappa shape index (κ3) is 1.48. The van der Waals surface area contributed by atoms with Crippen LogP contribution in [0.15, 0.2) is 0 Å². The summed E-state index contributed by atoms with van der Waals surface area (Å²) in [5.74, 6) is 0.245. The van der Waals surface area contributed by atoms with Crippen LogP contribution in [0.25, 0.3) is 0 Å². The van der Waals surface area contributed by atoms with E-state index in [9.17, 15) is 4.79 Å². The lowest BCUT2D eigenvalue weighted by Crippen LogP contribution is -2.29. The molecule has 0 atom stereocenters. The zero-order valence-electron chi connectivity index (χ0n) is 8.28. The largest absolute Gasteiger partial charge is 0.375 e. The second-order valence-electron chi connectivity index (χ2n) is 3.77. The molecule has 1 aliphatic rings. The molecule has 5 heteroatoms. The number of aromatic nitrogens is 1. The second kappa shape index (κ2) is 3.24. The quantitative estimate of drug-likeness (QED) is 0.760. The number of nitrogen functional groups attached to an aromatic ring is 1. The maximum Gasteiger partial charge on any atom is 0.225 e. The lowest BCUT2D eigenvalue weighted by Gasteiger charge is -2.17. The van der Waals surface area contributed by atoms with Gasteiger partial charge in [-0.2, -0.15) is 0 Å². The predicted octanol–water partition coefficient (Wildman–Crippen LogP) is 1.22. The van der Waals surface area contributed by atoms with Crippen LogP contribution in [-0.2, 0) is 17.9 Å². The Labute approximate surface area is 86.7 Å². The highest BCUT2D eigenvalue weighted by atomic mass is 32.1. The molecule has 2 rings (SSSR count). The molecule has 0 fully saturated rings. The number of anilines is 1. The predicted molar refractivity (Wildman–Crippen MR) is 55.6 cm³/mol. The molecule has 1 aromatic rings. The zero-order valence-corrected chi connectivity index (χ0v) is 9.10. The Morgan fingerprint density at radius 3 is 2.86 bits per heavy atom. The molecular weight excluding hydrogens is 198 g/mol. The third-order valence-electron chi connectivity index (χ3n) is 2.28. The van der Waals surface area contributed by atoms with Crippen molar-refractivity contribution >= 4 is 22.4 Å². The summed E-state index contributed by atoms with van der Waals surface area (Å²) in [4.78, 5) is 18.8. The summed E-state index contributed by atoms with van der Waals surface area (Å²) in [6, 6.07) is 0. The number of nitrogens with zero attached hydrogens (tertiary/aromatic N) is 2. The summed E-state index contributed by atoms with van der Waals surface area (Å²) in [7, 11) is 0. The van der Waals surface area contributed by atoms with E-state index < -0.39 is 0 Å². The third-order valence-corrected chi connectivity index (χ3v) is 3.19. The van der Waals surface area contributed by atoms with Crippen molar-refractivity contribution in [2.24, 2.45) is 5.92 Å². The Bertz CT molecular complexity index is 349. The molecule has 1 amide bonds. The minimum Gasteiger partial charge on any atom is -0.375 e. The molecule has 0 saturated carbocycles. The number of carbonyl (C=O) groups excluding carboxylic acids is 1. The smallest absolute Gasteiger partial charge is 0.225 e. The van der Waals surface area contributed by atoms with Crippen molar-refractivity contribution in [3.05, 3.63) is 10.6 Å². The molecule has 1 aromatic heterocycles. The first-order valence-electron chi connectivity index (χ1n) is 4.60. The highest BCUT2D eigenvalue weighted by molar-refractivity contribution is 7.15. The van der Waals surface area contributed by atoms with Gasteiger partial charge in [-0.1, -0.05) is 13.8 Å².